The molecule has 1 aromatic carbocycles. The molecule has 0 saturated heterocycles. The van der Waals surface area contributed by atoms with Crippen molar-refractivity contribution in [2.45, 2.75) is 45.6 Å². The second-order valence-electron chi connectivity index (χ2n) is 6.64. The van der Waals surface area contributed by atoms with Crippen LogP contribution in [0.15, 0.2) is 23.0 Å². The molecule has 1 heterocycles. The monoisotopic (exact) mass is 287 g/mol. The van der Waals surface area contributed by atoms with E-state index in [-0.39, 0.29) is 5.69 Å². The van der Waals surface area contributed by atoms with Crippen LogP contribution in [-0.2, 0) is 0 Å². The zero-order valence-corrected chi connectivity index (χ0v) is 12.9. The molecule has 3 N–H and O–H groups in total. The van der Waals surface area contributed by atoms with Gasteiger partial charge in [-0.1, -0.05) is 25.8 Å². The normalized spacial score (nSPS) is 24.3. The van der Waals surface area contributed by atoms with E-state index in [1.54, 1.807) is 0 Å². The number of aromatic nitrogens is 2. The molecule has 21 heavy (non-hydrogen) atoms. The number of imidazole rings is 1. The van der Waals surface area contributed by atoms with Crippen LogP contribution in [0.1, 0.15) is 51.1 Å². The Labute approximate surface area is 125 Å². The average molecular weight is 287 g/mol. The van der Waals surface area contributed by atoms with Gasteiger partial charge in [0.1, 0.15) is 0 Å². The van der Waals surface area contributed by atoms with E-state index in [9.17, 15) is 4.79 Å². The fourth-order valence-electron chi connectivity index (χ4n) is 3.31. The number of fused-ring (bicyclic) bond motifs is 1. The van der Waals surface area contributed by atoms with Crippen molar-refractivity contribution in [3.8, 4) is 0 Å². The Morgan fingerprint density at radius 1 is 1.19 bits per heavy atom. The number of hydrogen-bond acceptors (Lipinski definition) is 2. The van der Waals surface area contributed by atoms with Crippen molar-refractivity contribution in [2.75, 3.05) is 6.54 Å². The minimum atomic E-state index is -0.140. The van der Waals surface area contributed by atoms with Crippen LogP contribution < -0.4 is 11.0 Å². The lowest BCUT2D eigenvalue weighted by molar-refractivity contribution is 0.276. The Kier molecular flexibility index (Phi) is 4.15. The highest BCUT2D eigenvalue weighted by Gasteiger charge is 2.18. The Bertz CT molecular complexity index is 649. The molecular formula is C17H25N3O. The number of aromatic amines is 2. The van der Waals surface area contributed by atoms with Crippen molar-refractivity contribution in [1.82, 2.24) is 15.3 Å². The first-order chi connectivity index (χ1) is 10.1. The third-order valence-corrected chi connectivity index (χ3v) is 4.89. The highest BCUT2D eigenvalue weighted by molar-refractivity contribution is 5.75. The Balaban J connectivity index is 1.61. The van der Waals surface area contributed by atoms with Crippen LogP contribution in [0.2, 0.25) is 0 Å². The first-order valence-electron chi connectivity index (χ1n) is 8.07. The molecule has 4 heteroatoms. The van der Waals surface area contributed by atoms with Crippen molar-refractivity contribution in [3.05, 3.63) is 34.2 Å². The maximum absolute atomic E-state index is 11.3. The van der Waals surface area contributed by atoms with Gasteiger partial charge in [0.2, 0.25) is 0 Å². The summed E-state index contributed by atoms with van der Waals surface area (Å²) < 4.78 is 0. The van der Waals surface area contributed by atoms with Gasteiger partial charge in [-0.15, -0.1) is 0 Å². The van der Waals surface area contributed by atoms with Gasteiger partial charge in [0.25, 0.3) is 0 Å². The zero-order chi connectivity index (χ0) is 14.8. The van der Waals surface area contributed by atoms with Crippen molar-refractivity contribution in [3.63, 3.8) is 0 Å². The van der Waals surface area contributed by atoms with E-state index in [0.29, 0.717) is 6.04 Å². The molecule has 1 atom stereocenters. The molecule has 1 fully saturated rings. The molecule has 0 spiro atoms. The van der Waals surface area contributed by atoms with E-state index < -0.39 is 0 Å². The lowest BCUT2D eigenvalue weighted by Gasteiger charge is -2.27. The third-order valence-electron chi connectivity index (χ3n) is 4.89. The SMILES string of the molecule is CC1CCC(CNC(C)c2ccc3[nH]c(=O)[nH]c3c2)CC1. The van der Waals surface area contributed by atoms with Crippen LogP contribution in [0.3, 0.4) is 0 Å². The van der Waals surface area contributed by atoms with Gasteiger partial charge >= 0.3 is 5.69 Å². The van der Waals surface area contributed by atoms with E-state index in [4.69, 9.17) is 0 Å². The van der Waals surface area contributed by atoms with E-state index in [1.165, 1.54) is 31.2 Å². The first kappa shape index (κ1) is 14.4. The minimum absolute atomic E-state index is 0.140. The minimum Gasteiger partial charge on any atom is -0.310 e. The number of nitrogens with one attached hydrogen (secondary N) is 3. The lowest BCUT2D eigenvalue weighted by Crippen LogP contribution is -2.28. The Morgan fingerprint density at radius 2 is 1.90 bits per heavy atom. The summed E-state index contributed by atoms with van der Waals surface area (Å²) in [5, 5.41) is 3.65. The van der Waals surface area contributed by atoms with E-state index in [1.807, 2.05) is 6.07 Å². The average Bonchev–Trinajstić information content (AvgIpc) is 2.85. The fraction of sp³-hybridized carbons (Fsp3) is 0.588. The van der Waals surface area contributed by atoms with Crippen LogP contribution >= 0.6 is 0 Å². The smallest absolute Gasteiger partial charge is 0.310 e. The molecule has 1 aliphatic rings. The fourth-order valence-corrected chi connectivity index (χ4v) is 3.31. The predicted octanol–water partition coefficient (Wildman–Crippen LogP) is 3.33. The molecule has 114 valence electrons. The van der Waals surface area contributed by atoms with Gasteiger partial charge in [-0.05, 0) is 55.8 Å². The Morgan fingerprint density at radius 3 is 2.67 bits per heavy atom. The summed E-state index contributed by atoms with van der Waals surface area (Å²) in [5.41, 5.74) is 2.84. The highest BCUT2D eigenvalue weighted by Crippen LogP contribution is 2.28. The lowest BCUT2D eigenvalue weighted by atomic mass is 9.83. The summed E-state index contributed by atoms with van der Waals surface area (Å²) in [7, 11) is 0. The van der Waals surface area contributed by atoms with Gasteiger partial charge in [0.15, 0.2) is 0 Å². The second kappa shape index (κ2) is 6.06. The summed E-state index contributed by atoms with van der Waals surface area (Å²) in [6.45, 7) is 5.64. The molecule has 0 radical (unpaired) electrons. The number of H-pyrrole nitrogens is 2. The van der Waals surface area contributed by atoms with Crippen molar-refractivity contribution < 1.29 is 0 Å². The van der Waals surface area contributed by atoms with E-state index >= 15 is 0 Å². The molecule has 4 nitrogen and oxygen atoms in total. The van der Waals surface area contributed by atoms with Gasteiger partial charge in [-0.2, -0.15) is 0 Å². The third kappa shape index (κ3) is 3.38. The zero-order valence-electron chi connectivity index (χ0n) is 12.9. The van der Waals surface area contributed by atoms with Crippen LogP contribution in [-0.4, -0.2) is 16.5 Å². The Hall–Kier alpha value is -1.55. The summed E-state index contributed by atoms with van der Waals surface area (Å²) in [6.07, 6.45) is 5.45. The molecule has 3 rings (SSSR count). The van der Waals surface area contributed by atoms with Crippen molar-refractivity contribution in [2.24, 2.45) is 11.8 Å². The molecule has 1 aromatic heterocycles. The van der Waals surface area contributed by atoms with Gasteiger partial charge in [-0.25, -0.2) is 4.79 Å². The largest absolute Gasteiger partial charge is 0.323 e. The van der Waals surface area contributed by atoms with Crippen LogP contribution in [0.4, 0.5) is 0 Å². The topological polar surface area (TPSA) is 60.7 Å². The van der Waals surface area contributed by atoms with Crippen molar-refractivity contribution in [1.29, 1.82) is 0 Å². The summed E-state index contributed by atoms with van der Waals surface area (Å²) in [4.78, 5) is 16.9. The highest BCUT2D eigenvalue weighted by atomic mass is 16.1. The predicted molar refractivity (Wildman–Crippen MR) is 86.5 cm³/mol. The number of hydrogen-bond donors (Lipinski definition) is 3. The van der Waals surface area contributed by atoms with Crippen LogP contribution in [0.25, 0.3) is 11.0 Å². The molecule has 0 aliphatic heterocycles. The summed E-state index contributed by atoms with van der Waals surface area (Å²) in [6, 6.07) is 6.44. The van der Waals surface area contributed by atoms with E-state index in [2.05, 4.69) is 41.3 Å². The quantitative estimate of drug-likeness (QED) is 0.807. The molecule has 0 bridgehead atoms. The molecule has 0 amide bonds. The standard InChI is InChI=1S/C17H25N3O/c1-11-3-5-13(6-4-11)10-18-12(2)14-7-8-15-16(9-14)20-17(21)19-15/h7-9,11-13,18H,3-6,10H2,1-2H3,(H2,19,20,21). The molecule has 1 saturated carbocycles. The van der Waals surface area contributed by atoms with Gasteiger partial charge in [0.05, 0.1) is 11.0 Å². The summed E-state index contributed by atoms with van der Waals surface area (Å²) in [5.74, 6) is 1.73. The number of benzene rings is 1. The van der Waals surface area contributed by atoms with Gasteiger partial charge < -0.3 is 15.3 Å². The van der Waals surface area contributed by atoms with Crippen LogP contribution in [0, 0.1) is 11.8 Å². The molecule has 2 aromatic rings. The van der Waals surface area contributed by atoms with E-state index in [0.717, 1.165) is 29.4 Å². The maximum Gasteiger partial charge on any atom is 0.323 e. The van der Waals surface area contributed by atoms with Gasteiger partial charge in [-0.3, -0.25) is 0 Å². The maximum atomic E-state index is 11.3. The summed E-state index contributed by atoms with van der Waals surface area (Å²) >= 11 is 0. The molecule has 1 aliphatic carbocycles. The van der Waals surface area contributed by atoms with Crippen molar-refractivity contribution >= 4 is 11.0 Å². The second-order valence-corrected chi connectivity index (χ2v) is 6.64. The molecule has 1 unspecified atom stereocenters. The first-order valence-corrected chi connectivity index (χ1v) is 8.07. The van der Waals surface area contributed by atoms with Gasteiger partial charge in [0, 0.05) is 6.04 Å². The van der Waals surface area contributed by atoms with Crippen LogP contribution in [0.5, 0.6) is 0 Å². The molecular weight excluding hydrogens is 262 g/mol. The number of rotatable bonds is 4.